The molecule has 0 saturated carbocycles. The molecule has 0 fully saturated rings. The molecule has 3 rings (SSSR count). The third-order valence-corrected chi connectivity index (χ3v) is 4.46. The van der Waals surface area contributed by atoms with Crippen molar-refractivity contribution in [2.45, 2.75) is 51.0 Å². The largest absolute Gasteiger partial charge is 0.324 e. The molecule has 3 nitrogen and oxygen atoms in total. The molecule has 2 atom stereocenters. The quantitative estimate of drug-likeness (QED) is 0.843. The number of unbranched alkanes of at least 4 members (excludes halogenated alkanes) is 2. The third kappa shape index (κ3) is 2.06. The van der Waals surface area contributed by atoms with Crippen molar-refractivity contribution in [3.05, 3.63) is 29.3 Å². The van der Waals surface area contributed by atoms with Gasteiger partial charge in [-0.3, -0.25) is 4.79 Å². The van der Waals surface area contributed by atoms with Gasteiger partial charge in [-0.15, -0.1) is 0 Å². The zero-order valence-electron chi connectivity index (χ0n) is 11.6. The number of benzene rings is 1. The van der Waals surface area contributed by atoms with Crippen molar-refractivity contribution >= 4 is 11.6 Å². The van der Waals surface area contributed by atoms with E-state index in [1.807, 2.05) is 11.0 Å². The molecule has 102 valence electrons. The van der Waals surface area contributed by atoms with E-state index in [1.54, 1.807) is 0 Å². The highest BCUT2D eigenvalue weighted by Crippen LogP contribution is 2.48. The Morgan fingerprint density at radius 1 is 1.37 bits per heavy atom. The van der Waals surface area contributed by atoms with Crippen molar-refractivity contribution in [2.75, 3.05) is 11.4 Å². The predicted molar refractivity (Wildman–Crippen MR) is 77.2 cm³/mol. The van der Waals surface area contributed by atoms with Gasteiger partial charge in [-0.2, -0.15) is 0 Å². The summed E-state index contributed by atoms with van der Waals surface area (Å²) in [4.78, 5) is 14.3. The first-order valence-electron chi connectivity index (χ1n) is 7.41. The summed E-state index contributed by atoms with van der Waals surface area (Å²) in [6, 6.07) is 6.38. The molecule has 2 N–H and O–H groups in total. The Morgan fingerprint density at radius 3 is 3.00 bits per heavy atom. The zero-order chi connectivity index (χ0) is 13.4. The second-order valence-corrected chi connectivity index (χ2v) is 5.78. The standard InChI is InChI=1S/C16H22N2O/c1-2-3-4-8-18-14-7-5-6-12-13(17)9-11(16(12)14)10-15(18)19/h5-7,11,13H,2-4,8-10,17H2,1H3. The highest BCUT2D eigenvalue weighted by Gasteiger charge is 2.38. The van der Waals surface area contributed by atoms with Crippen LogP contribution in [0.25, 0.3) is 0 Å². The fourth-order valence-electron chi connectivity index (χ4n) is 3.53. The topological polar surface area (TPSA) is 46.3 Å². The Balaban J connectivity index is 1.93. The zero-order valence-corrected chi connectivity index (χ0v) is 11.6. The monoisotopic (exact) mass is 258 g/mol. The Kier molecular flexibility index (Phi) is 3.31. The van der Waals surface area contributed by atoms with Gasteiger partial charge >= 0.3 is 0 Å². The number of hydrogen-bond donors (Lipinski definition) is 1. The number of nitrogens with zero attached hydrogens (tertiary/aromatic N) is 1. The van der Waals surface area contributed by atoms with Crippen LogP contribution in [0.3, 0.4) is 0 Å². The van der Waals surface area contributed by atoms with Crippen molar-refractivity contribution in [3.63, 3.8) is 0 Å². The van der Waals surface area contributed by atoms with Crippen LogP contribution in [0.1, 0.15) is 62.1 Å². The number of carbonyl (C=O) groups is 1. The lowest BCUT2D eigenvalue weighted by atomic mass is 9.91. The molecule has 1 amide bonds. The normalized spacial score (nSPS) is 24.7. The number of hydrogen-bond acceptors (Lipinski definition) is 2. The van der Waals surface area contributed by atoms with Crippen molar-refractivity contribution in [1.29, 1.82) is 0 Å². The maximum Gasteiger partial charge on any atom is 0.227 e. The molecular formula is C16H22N2O. The number of amides is 1. The second-order valence-electron chi connectivity index (χ2n) is 5.78. The van der Waals surface area contributed by atoms with Crippen LogP contribution in [0.15, 0.2) is 18.2 Å². The van der Waals surface area contributed by atoms with Gasteiger partial charge in [0, 0.05) is 24.7 Å². The van der Waals surface area contributed by atoms with Gasteiger partial charge in [0.25, 0.3) is 0 Å². The Bertz CT molecular complexity index is 498. The highest BCUT2D eigenvalue weighted by molar-refractivity contribution is 5.97. The number of nitrogens with two attached hydrogens (primary N) is 1. The average Bonchev–Trinajstić information content (AvgIpc) is 2.71. The van der Waals surface area contributed by atoms with Crippen LogP contribution in [-0.4, -0.2) is 12.5 Å². The molecule has 2 aliphatic rings. The number of anilines is 1. The molecule has 3 heteroatoms. The van der Waals surface area contributed by atoms with Gasteiger partial charge in [-0.1, -0.05) is 31.9 Å². The third-order valence-electron chi connectivity index (χ3n) is 4.46. The van der Waals surface area contributed by atoms with Crippen LogP contribution < -0.4 is 10.6 Å². The summed E-state index contributed by atoms with van der Waals surface area (Å²) in [5.41, 5.74) is 9.93. The number of carbonyl (C=O) groups excluding carboxylic acids is 1. The first-order chi connectivity index (χ1) is 9.22. The maximum absolute atomic E-state index is 12.3. The van der Waals surface area contributed by atoms with Gasteiger partial charge in [-0.25, -0.2) is 0 Å². The lowest BCUT2D eigenvalue weighted by molar-refractivity contribution is -0.119. The molecule has 0 radical (unpaired) electrons. The lowest BCUT2D eigenvalue weighted by Gasteiger charge is -2.32. The highest BCUT2D eigenvalue weighted by atomic mass is 16.2. The molecule has 0 aromatic heterocycles. The summed E-state index contributed by atoms with van der Waals surface area (Å²) in [5.74, 6) is 0.635. The van der Waals surface area contributed by atoms with Crippen LogP contribution in [0.4, 0.5) is 5.69 Å². The van der Waals surface area contributed by atoms with Gasteiger partial charge in [-0.05, 0) is 36.0 Å². The Hall–Kier alpha value is -1.35. The van der Waals surface area contributed by atoms with Crippen LogP contribution in [0.2, 0.25) is 0 Å². The van der Waals surface area contributed by atoms with E-state index in [0.29, 0.717) is 12.3 Å². The van der Waals surface area contributed by atoms with Crippen LogP contribution in [0.5, 0.6) is 0 Å². The van der Waals surface area contributed by atoms with Crippen molar-refractivity contribution < 1.29 is 4.79 Å². The second kappa shape index (κ2) is 4.97. The molecule has 0 spiro atoms. The average molecular weight is 258 g/mol. The van der Waals surface area contributed by atoms with Crippen LogP contribution in [0, 0.1) is 0 Å². The lowest BCUT2D eigenvalue weighted by Crippen LogP contribution is -2.36. The molecule has 0 bridgehead atoms. The van der Waals surface area contributed by atoms with E-state index in [0.717, 1.165) is 25.1 Å². The molecule has 0 saturated heterocycles. The van der Waals surface area contributed by atoms with Crippen molar-refractivity contribution in [3.8, 4) is 0 Å². The van der Waals surface area contributed by atoms with Gasteiger partial charge in [0.1, 0.15) is 0 Å². The maximum atomic E-state index is 12.3. The molecular weight excluding hydrogens is 236 g/mol. The first-order valence-corrected chi connectivity index (χ1v) is 7.41. The molecule has 1 aliphatic heterocycles. The molecule has 1 aliphatic carbocycles. The van der Waals surface area contributed by atoms with Gasteiger partial charge in [0.05, 0.1) is 0 Å². The smallest absolute Gasteiger partial charge is 0.227 e. The molecule has 19 heavy (non-hydrogen) atoms. The van der Waals surface area contributed by atoms with Crippen LogP contribution in [-0.2, 0) is 4.79 Å². The molecule has 1 heterocycles. The van der Waals surface area contributed by atoms with Crippen LogP contribution >= 0.6 is 0 Å². The fourth-order valence-corrected chi connectivity index (χ4v) is 3.53. The summed E-state index contributed by atoms with van der Waals surface area (Å²) in [6.07, 6.45) is 5.03. The van der Waals surface area contributed by atoms with E-state index in [1.165, 1.54) is 24.0 Å². The van der Waals surface area contributed by atoms with E-state index in [9.17, 15) is 4.79 Å². The minimum Gasteiger partial charge on any atom is -0.324 e. The van der Waals surface area contributed by atoms with E-state index >= 15 is 0 Å². The van der Waals surface area contributed by atoms with E-state index < -0.39 is 0 Å². The molecule has 1 aromatic carbocycles. The van der Waals surface area contributed by atoms with E-state index in [4.69, 9.17) is 5.73 Å². The summed E-state index contributed by atoms with van der Waals surface area (Å²) >= 11 is 0. The Morgan fingerprint density at radius 2 is 2.21 bits per heavy atom. The van der Waals surface area contributed by atoms with E-state index in [-0.39, 0.29) is 11.9 Å². The van der Waals surface area contributed by atoms with Gasteiger partial charge in [0.2, 0.25) is 5.91 Å². The van der Waals surface area contributed by atoms with Crippen molar-refractivity contribution in [1.82, 2.24) is 0 Å². The van der Waals surface area contributed by atoms with Gasteiger partial charge < -0.3 is 10.6 Å². The summed E-state index contributed by atoms with van der Waals surface area (Å²) in [6.45, 7) is 3.04. The fraction of sp³-hybridized carbons (Fsp3) is 0.562. The minimum atomic E-state index is 0.114. The summed E-state index contributed by atoms with van der Waals surface area (Å²) in [5, 5.41) is 0. The molecule has 1 aromatic rings. The SMILES string of the molecule is CCCCCN1C(=O)CC2CC(N)c3cccc1c32. The first kappa shape index (κ1) is 12.7. The van der Waals surface area contributed by atoms with Crippen molar-refractivity contribution in [2.24, 2.45) is 5.73 Å². The molecule has 2 unspecified atom stereocenters. The Labute approximate surface area is 114 Å². The van der Waals surface area contributed by atoms with Gasteiger partial charge in [0.15, 0.2) is 0 Å². The van der Waals surface area contributed by atoms with E-state index in [2.05, 4.69) is 19.1 Å². The summed E-state index contributed by atoms with van der Waals surface area (Å²) in [7, 11) is 0. The number of rotatable bonds is 4. The minimum absolute atomic E-state index is 0.114. The predicted octanol–water partition coefficient (Wildman–Crippen LogP) is 3.10. The summed E-state index contributed by atoms with van der Waals surface area (Å²) < 4.78 is 0.